The first-order valence-corrected chi connectivity index (χ1v) is 9.35. The molecule has 0 saturated carbocycles. The third kappa shape index (κ3) is 4.51. The Labute approximate surface area is 168 Å². The second-order valence-corrected chi connectivity index (χ2v) is 6.82. The van der Waals surface area contributed by atoms with Crippen molar-refractivity contribution >= 4 is 22.6 Å². The molecule has 1 aromatic heterocycles. The fourth-order valence-corrected chi connectivity index (χ4v) is 3.00. The molecular weight excluding hydrogens is 370 g/mol. The molecule has 3 rings (SSSR count). The lowest BCUT2D eigenvalue weighted by atomic mass is 10.1. The van der Waals surface area contributed by atoms with Crippen molar-refractivity contribution in [2.45, 2.75) is 19.9 Å². The highest BCUT2D eigenvalue weighted by Gasteiger charge is 2.19. The molecule has 0 saturated heterocycles. The van der Waals surface area contributed by atoms with Crippen molar-refractivity contribution in [1.82, 2.24) is 14.7 Å². The molecule has 1 heterocycles. The van der Waals surface area contributed by atoms with Crippen LogP contribution in [-0.2, 0) is 29.5 Å². The summed E-state index contributed by atoms with van der Waals surface area (Å²) in [6.45, 7) is 2.10. The van der Waals surface area contributed by atoms with Crippen molar-refractivity contribution in [3.8, 4) is 0 Å². The summed E-state index contributed by atoms with van der Waals surface area (Å²) in [6.07, 6.45) is 0.957. The van der Waals surface area contributed by atoms with Crippen LogP contribution in [0.5, 0.6) is 0 Å². The van der Waals surface area contributed by atoms with E-state index in [0.717, 1.165) is 16.7 Å². The molecule has 0 aliphatic heterocycles. The van der Waals surface area contributed by atoms with Gasteiger partial charge in [-0.1, -0.05) is 49.4 Å². The Kier molecular flexibility index (Phi) is 6.07. The first-order valence-electron chi connectivity index (χ1n) is 9.35. The zero-order valence-corrected chi connectivity index (χ0v) is 16.7. The van der Waals surface area contributed by atoms with Gasteiger partial charge in [0.1, 0.15) is 0 Å². The van der Waals surface area contributed by atoms with Crippen molar-refractivity contribution < 1.29 is 14.3 Å². The number of carbonyl (C=O) groups excluding carboxylic acids is 2. The fraction of sp³-hybridized carbons (Fsp3) is 0.273. The number of rotatable bonds is 6. The number of ether oxygens (including phenoxy) is 1. The highest BCUT2D eigenvalue weighted by Crippen LogP contribution is 2.14. The van der Waals surface area contributed by atoms with Crippen molar-refractivity contribution in [3.63, 3.8) is 0 Å². The molecule has 0 unspecified atom stereocenters. The zero-order chi connectivity index (χ0) is 21.0. The predicted molar refractivity (Wildman–Crippen MR) is 110 cm³/mol. The number of hydrogen-bond acceptors (Lipinski definition) is 5. The maximum absolute atomic E-state index is 12.5. The molecule has 0 N–H and O–H groups in total. The molecule has 150 valence electrons. The fourth-order valence-electron chi connectivity index (χ4n) is 3.00. The maximum atomic E-state index is 12.5. The van der Waals surface area contributed by atoms with E-state index in [2.05, 4.69) is 12.0 Å². The van der Waals surface area contributed by atoms with Gasteiger partial charge in [0, 0.05) is 26.0 Å². The topological polar surface area (TPSA) is 81.5 Å². The van der Waals surface area contributed by atoms with Crippen LogP contribution in [0.15, 0.2) is 53.3 Å². The average Bonchev–Trinajstić information content (AvgIpc) is 2.74. The minimum Gasteiger partial charge on any atom is -0.451 e. The summed E-state index contributed by atoms with van der Waals surface area (Å²) >= 11 is 0. The molecular formula is C22H23N3O4. The quantitative estimate of drug-likeness (QED) is 0.601. The molecule has 0 spiro atoms. The summed E-state index contributed by atoms with van der Waals surface area (Å²) in [4.78, 5) is 38.5. The van der Waals surface area contributed by atoms with E-state index in [0.29, 0.717) is 17.3 Å². The summed E-state index contributed by atoms with van der Waals surface area (Å²) in [5.41, 5.74) is 1.93. The van der Waals surface area contributed by atoms with Crippen molar-refractivity contribution in [2.75, 3.05) is 13.7 Å². The number of amides is 1. The van der Waals surface area contributed by atoms with Crippen LogP contribution in [0.2, 0.25) is 0 Å². The van der Waals surface area contributed by atoms with Crippen LogP contribution in [0, 0.1) is 0 Å². The van der Waals surface area contributed by atoms with Crippen LogP contribution >= 0.6 is 0 Å². The molecule has 0 radical (unpaired) electrons. The lowest BCUT2D eigenvalue weighted by molar-refractivity contribution is -0.133. The van der Waals surface area contributed by atoms with Crippen LogP contribution in [0.25, 0.3) is 10.8 Å². The molecule has 3 aromatic rings. The van der Waals surface area contributed by atoms with E-state index in [1.54, 1.807) is 31.3 Å². The Morgan fingerprint density at radius 3 is 2.31 bits per heavy atom. The van der Waals surface area contributed by atoms with Gasteiger partial charge in [-0.05, 0) is 23.6 Å². The molecule has 7 heteroatoms. The minimum atomic E-state index is -0.745. The Morgan fingerprint density at radius 1 is 1.03 bits per heavy atom. The van der Waals surface area contributed by atoms with Gasteiger partial charge < -0.3 is 9.64 Å². The second kappa shape index (κ2) is 8.68. The number of likely N-dealkylation sites (N-methyl/N-ethyl adjacent to an activating group) is 1. The van der Waals surface area contributed by atoms with Crippen LogP contribution in [0.1, 0.15) is 28.5 Å². The van der Waals surface area contributed by atoms with E-state index < -0.39 is 12.6 Å². The van der Waals surface area contributed by atoms with Gasteiger partial charge in [0.15, 0.2) is 12.3 Å². The van der Waals surface area contributed by atoms with E-state index in [9.17, 15) is 14.4 Å². The summed E-state index contributed by atoms with van der Waals surface area (Å²) in [5.74, 6) is -1.07. The number of aromatic nitrogens is 2. The van der Waals surface area contributed by atoms with E-state index in [1.807, 2.05) is 24.3 Å². The monoisotopic (exact) mass is 393 g/mol. The van der Waals surface area contributed by atoms with Crippen LogP contribution in [-0.4, -0.2) is 40.2 Å². The smallest absolute Gasteiger partial charge is 0.359 e. The van der Waals surface area contributed by atoms with Gasteiger partial charge in [-0.25, -0.2) is 9.48 Å². The number of benzene rings is 2. The molecule has 1 amide bonds. The normalized spacial score (nSPS) is 10.7. The number of esters is 1. The number of carbonyl (C=O) groups is 2. The molecule has 7 nitrogen and oxygen atoms in total. The minimum absolute atomic E-state index is 0.00769. The predicted octanol–water partition coefficient (Wildman–Crippen LogP) is 2.31. The van der Waals surface area contributed by atoms with Gasteiger partial charge in [-0.15, -0.1) is 0 Å². The summed E-state index contributed by atoms with van der Waals surface area (Å²) in [6, 6.07) is 14.7. The second-order valence-electron chi connectivity index (χ2n) is 6.82. The SMILES string of the molecule is CCc1ccc(CN(C)C(=O)COC(=O)c2nn(C)c(=O)c3ccccc23)cc1. The third-order valence-corrected chi connectivity index (χ3v) is 4.75. The van der Waals surface area contributed by atoms with E-state index in [4.69, 9.17) is 4.74 Å². The third-order valence-electron chi connectivity index (χ3n) is 4.75. The van der Waals surface area contributed by atoms with Crippen LogP contribution in [0.4, 0.5) is 0 Å². The first kappa shape index (κ1) is 20.3. The molecule has 29 heavy (non-hydrogen) atoms. The van der Waals surface area contributed by atoms with Gasteiger partial charge in [-0.2, -0.15) is 5.10 Å². The van der Waals surface area contributed by atoms with Gasteiger partial charge in [-0.3, -0.25) is 9.59 Å². The van der Waals surface area contributed by atoms with Gasteiger partial charge >= 0.3 is 5.97 Å². The number of hydrogen-bond donors (Lipinski definition) is 0. The molecule has 0 atom stereocenters. The summed E-state index contributed by atoms with van der Waals surface area (Å²) in [7, 11) is 3.12. The van der Waals surface area contributed by atoms with Crippen molar-refractivity contribution in [1.29, 1.82) is 0 Å². The van der Waals surface area contributed by atoms with Crippen molar-refractivity contribution in [3.05, 3.63) is 75.7 Å². The standard InChI is InChI=1S/C22H23N3O4/c1-4-15-9-11-16(12-10-15)13-24(2)19(26)14-29-22(28)20-17-7-5-6-8-18(17)21(27)25(3)23-20/h5-12H,4,13-14H2,1-3H3. The lowest BCUT2D eigenvalue weighted by Crippen LogP contribution is -2.31. The number of fused-ring (bicyclic) bond motifs is 1. The number of nitrogens with zero attached hydrogens (tertiary/aromatic N) is 3. The van der Waals surface area contributed by atoms with E-state index >= 15 is 0 Å². The summed E-state index contributed by atoms with van der Waals surface area (Å²) < 4.78 is 6.27. The molecule has 0 fully saturated rings. The molecule has 0 aliphatic carbocycles. The average molecular weight is 393 g/mol. The van der Waals surface area contributed by atoms with E-state index in [-0.39, 0.29) is 17.2 Å². The highest BCUT2D eigenvalue weighted by atomic mass is 16.5. The molecule has 2 aromatic carbocycles. The Hall–Kier alpha value is -3.48. The largest absolute Gasteiger partial charge is 0.451 e. The highest BCUT2D eigenvalue weighted by molar-refractivity contribution is 6.02. The maximum Gasteiger partial charge on any atom is 0.359 e. The molecule has 0 aliphatic rings. The first-order chi connectivity index (χ1) is 13.9. The summed E-state index contributed by atoms with van der Waals surface area (Å²) in [5, 5.41) is 4.78. The van der Waals surface area contributed by atoms with Gasteiger partial charge in [0.2, 0.25) is 0 Å². The Balaban J connectivity index is 1.67. The lowest BCUT2D eigenvalue weighted by Gasteiger charge is -2.17. The van der Waals surface area contributed by atoms with Gasteiger partial charge in [0.05, 0.1) is 5.39 Å². The molecule has 0 bridgehead atoms. The van der Waals surface area contributed by atoms with Crippen LogP contribution < -0.4 is 5.56 Å². The Morgan fingerprint density at radius 2 is 1.66 bits per heavy atom. The number of aryl methyl sites for hydroxylation is 2. The Bertz CT molecular complexity index is 1100. The zero-order valence-electron chi connectivity index (χ0n) is 16.7. The van der Waals surface area contributed by atoms with Crippen LogP contribution in [0.3, 0.4) is 0 Å². The van der Waals surface area contributed by atoms with Crippen molar-refractivity contribution in [2.24, 2.45) is 7.05 Å². The van der Waals surface area contributed by atoms with Gasteiger partial charge in [0.25, 0.3) is 11.5 Å². The van der Waals surface area contributed by atoms with E-state index in [1.165, 1.54) is 17.5 Å².